The molecule has 5 nitrogen and oxygen atoms in total. The lowest BCUT2D eigenvalue weighted by molar-refractivity contribution is 0.669. The highest BCUT2D eigenvalue weighted by Gasteiger charge is 2.33. The van der Waals surface area contributed by atoms with Gasteiger partial charge >= 0.3 is 0 Å². The van der Waals surface area contributed by atoms with Gasteiger partial charge in [-0.05, 0) is 88.5 Å². The zero-order chi connectivity index (χ0) is 37.6. The molecule has 1 aliphatic rings. The molecule has 0 spiro atoms. The molecule has 9 aromatic carbocycles. The third-order valence-corrected chi connectivity index (χ3v) is 12.4. The summed E-state index contributed by atoms with van der Waals surface area (Å²) >= 11 is 0. The largest absolute Gasteiger partial charge is 0.456 e. The molecule has 0 amide bonds. The molecule has 267 valence electrons. The van der Waals surface area contributed by atoms with Crippen LogP contribution in [0.2, 0.25) is 0 Å². The SMILES string of the molecule is [B]1c2cc3oc4ccccc4c3cc2N(c2ccc3oc4ccccc4c3c2)c2c1c(-c1cccc3c1[nH]c1cc4ccccc4cc13)cc1c2oc2ccccc21. The highest BCUT2D eigenvalue weighted by Crippen LogP contribution is 2.48. The molecule has 6 heteroatoms. The van der Waals surface area contributed by atoms with Crippen LogP contribution < -0.4 is 15.8 Å². The Morgan fingerprint density at radius 1 is 0.431 bits per heavy atom. The quantitative estimate of drug-likeness (QED) is 0.179. The Morgan fingerprint density at radius 2 is 1.07 bits per heavy atom. The van der Waals surface area contributed by atoms with Crippen molar-refractivity contribution in [3.8, 4) is 11.1 Å². The molecule has 1 radical (unpaired) electrons. The number of aromatic amines is 1. The van der Waals surface area contributed by atoms with Crippen molar-refractivity contribution in [3.63, 3.8) is 0 Å². The van der Waals surface area contributed by atoms with E-state index in [9.17, 15) is 0 Å². The van der Waals surface area contributed by atoms with Crippen molar-refractivity contribution in [1.82, 2.24) is 4.98 Å². The van der Waals surface area contributed by atoms with Crippen molar-refractivity contribution in [2.24, 2.45) is 0 Å². The van der Waals surface area contributed by atoms with Gasteiger partial charge in [0.2, 0.25) is 0 Å². The van der Waals surface area contributed by atoms with Crippen molar-refractivity contribution < 1.29 is 13.3 Å². The molecule has 1 aliphatic heterocycles. The van der Waals surface area contributed by atoms with E-state index in [-0.39, 0.29) is 0 Å². The van der Waals surface area contributed by atoms with Gasteiger partial charge in [-0.1, -0.05) is 103 Å². The molecule has 0 saturated carbocycles. The van der Waals surface area contributed by atoms with Crippen molar-refractivity contribution in [3.05, 3.63) is 164 Å². The van der Waals surface area contributed by atoms with Crippen molar-refractivity contribution in [2.75, 3.05) is 4.90 Å². The Bertz CT molecular complexity index is 3920. The normalized spacial score (nSPS) is 12.9. The number of para-hydroxylation sites is 4. The summed E-state index contributed by atoms with van der Waals surface area (Å²) in [6, 6.07) is 58.1. The van der Waals surface area contributed by atoms with Crippen molar-refractivity contribution >= 4 is 134 Å². The predicted octanol–water partition coefficient (Wildman–Crippen LogP) is 13.3. The van der Waals surface area contributed by atoms with Crippen molar-refractivity contribution in [2.45, 2.75) is 0 Å². The number of nitrogens with zero attached hydrogens (tertiary/aromatic N) is 1. The topological polar surface area (TPSA) is 58.5 Å². The first-order chi connectivity index (χ1) is 28.7. The first kappa shape index (κ1) is 30.5. The van der Waals surface area contributed by atoms with Gasteiger partial charge in [0.15, 0.2) is 12.9 Å². The van der Waals surface area contributed by atoms with Gasteiger partial charge in [0.05, 0.1) is 11.2 Å². The second kappa shape index (κ2) is 11.0. The zero-order valence-corrected chi connectivity index (χ0v) is 30.8. The minimum absolute atomic E-state index is 0.839. The molecule has 1 N–H and O–H groups in total. The van der Waals surface area contributed by atoms with Crippen LogP contribution in [0.3, 0.4) is 0 Å². The lowest BCUT2D eigenvalue weighted by Gasteiger charge is -2.34. The van der Waals surface area contributed by atoms with E-state index in [0.29, 0.717) is 0 Å². The minimum atomic E-state index is 0.839. The van der Waals surface area contributed by atoms with Gasteiger partial charge in [-0.15, -0.1) is 0 Å². The fourth-order valence-corrected chi connectivity index (χ4v) is 9.77. The molecular weight excluding hydrogens is 711 g/mol. The smallest absolute Gasteiger partial charge is 0.198 e. The molecule has 0 unspecified atom stereocenters. The Kier molecular flexibility index (Phi) is 5.78. The lowest BCUT2D eigenvalue weighted by atomic mass is 9.58. The summed E-state index contributed by atoms with van der Waals surface area (Å²) in [7, 11) is 2.33. The molecular formula is C52H28BN2O3. The number of rotatable bonds is 2. The summed E-state index contributed by atoms with van der Waals surface area (Å²) in [6.45, 7) is 0. The third kappa shape index (κ3) is 4.05. The first-order valence-corrected chi connectivity index (χ1v) is 19.7. The number of anilines is 3. The summed E-state index contributed by atoms with van der Waals surface area (Å²) in [5.41, 5.74) is 14.8. The molecule has 0 bridgehead atoms. The molecule has 58 heavy (non-hydrogen) atoms. The van der Waals surface area contributed by atoms with Crippen LogP contribution in [0.25, 0.3) is 110 Å². The van der Waals surface area contributed by atoms with Gasteiger partial charge in [-0.2, -0.15) is 0 Å². The Balaban J connectivity index is 1.12. The molecule has 4 aromatic heterocycles. The molecule has 0 saturated heterocycles. The summed E-state index contributed by atoms with van der Waals surface area (Å²) in [4.78, 5) is 6.28. The minimum Gasteiger partial charge on any atom is -0.456 e. The molecule has 13 aromatic rings. The summed E-state index contributed by atoms with van der Waals surface area (Å²) in [6.07, 6.45) is 0. The molecule has 0 fully saturated rings. The molecule has 14 rings (SSSR count). The van der Waals surface area contributed by atoms with E-state index < -0.39 is 0 Å². The van der Waals surface area contributed by atoms with Gasteiger partial charge < -0.3 is 23.1 Å². The van der Waals surface area contributed by atoms with Crippen molar-refractivity contribution in [1.29, 1.82) is 0 Å². The second-order valence-corrected chi connectivity index (χ2v) is 15.5. The van der Waals surface area contributed by atoms with E-state index in [4.69, 9.17) is 13.3 Å². The van der Waals surface area contributed by atoms with E-state index >= 15 is 0 Å². The van der Waals surface area contributed by atoms with E-state index in [1.165, 1.54) is 21.5 Å². The summed E-state index contributed by atoms with van der Waals surface area (Å²) < 4.78 is 19.8. The fraction of sp³-hybridized carbons (Fsp3) is 0. The average Bonchev–Trinajstić information content (AvgIpc) is 4.03. The first-order valence-electron chi connectivity index (χ1n) is 19.7. The average molecular weight is 740 g/mol. The second-order valence-electron chi connectivity index (χ2n) is 15.5. The molecule has 0 aliphatic carbocycles. The van der Waals surface area contributed by atoms with Crippen LogP contribution in [0.15, 0.2) is 177 Å². The van der Waals surface area contributed by atoms with E-state index in [2.05, 4.69) is 151 Å². The Morgan fingerprint density at radius 3 is 1.86 bits per heavy atom. The zero-order valence-electron chi connectivity index (χ0n) is 30.8. The maximum atomic E-state index is 6.97. The van der Waals surface area contributed by atoms with Gasteiger partial charge in [0.1, 0.15) is 27.9 Å². The maximum absolute atomic E-state index is 6.97. The van der Waals surface area contributed by atoms with Crippen LogP contribution in [0.4, 0.5) is 17.1 Å². The highest BCUT2D eigenvalue weighted by atomic mass is 16.3. The number of nitrogens with one attached hydrogen (secondary N) is 1. The number of benzene rings is 9. The summed E-state index contributed by atoms with van der Waals surface area (Å²) in [5.74, 6) is 0. The Hall–Kier alpha value is -7.70. The monoisotopic (exact) mass is 739 g/mol. The van der Waals surface area contributed by atoms with Crippen LogP contribution in [0.5, 0.6) is 0 Å². The highest BCUT2D eigenvalue weighted by molar-refractivity contribution is 6.74. The van der Waals surface area contributed by atoms with E-state index in [1.54, 1.807) is 0 Å². The van der Waals surface area contributed by atoms with E-state index in [1.807, 2.05) is 30.3 Å². The molecule has 0 atom stereocenters. The fourth-order valence-electron chi connectivity index (χ4n) is 9.77. The number of hydrogen-bond donors (Lipinski definition) is 1. The summed E-state index contributed by atoms with van der Waals surface area (Å²) in [5, 5.41) is 11.3. The van der Waals surface area contributed by atoms with Gasteiger partial charge in [0.25, 0.3) is 0 Å². The number of furan rings is 3. The number of aromatic nitrogens is 1. The van der Waals surface area contributed by atoms with Gasteiger partial charge in [-0.25, -0.2) is 0 Å². The van der Waals surface area contributed by atoms with Gasteiger partial charge in [0, 0.05) is 65.5 Å². The third-order valence-electron chi connectivity index (χ3n) is 12.4. The molecule has 5 heterocycles. The lowest BCUT2D eigenvalue weighted by Crippen LogP contribution is -2.41. The predicted molar refractivity (Wildman–Crippen MR) is 240 cm³/mol. The number of fused-ring (bicyclic) bond motifs is 16. The van der Waals surface area contributed by atoms with Crippen LogP contribution in [-0.2, 0) is 0 Å². The van der Waals surface area contributed by atoms with Crippen LogP contribution in [0.1, 0.15) is 0 Å². The van der Waals surface area contributed by atoms with Gasteiger partial charge in [-0.3, -0.25) is 0 Å². The number of hydrogen-bond acceptors (Lipinski definition) is 4. The van der Waals surface area contributed by atoms with Crippen LogP contribution >= 0.6 is 0 Å². The van der Waals surface area contributed by atoms with Crippen LogP contribution in [-0.4, -0.2) is 12.3 Å². The standard InChI is InChI=1S/C52H28BN2O3/c1-2-11-29-23-42-36(22-28(29)10-1)34-15-9-16-35(50(34)54-42)39-25-40-33-14-5-8-19-46(33)58-52(40)51-49(39)53-41-27-48-38(32-13-4-7-18-45(32)57-48)26-43(41)55(51)30-20-21-47-37(24-30)31-12-3-6-17-44(31)56-47/h1-27,54H. The Labute approximate surface area is 330 Å². The number of H-pyrrole nitrogens is 1. The van der Waals surface area contributed by atoms with Crippen LogP contribution in [0, 0.1) is 0 Å². The van der Waals surface area contributed by atoms with E-state index in [0.717, 1.165) is 116 Å². The maximum Gasteiger partial charge on any atom is 0.198 e.